The quantitative estimate of drug-likeness (QED) is 0.327. The van der Waals surface area contributed by atoms with Gasteiger partial charge in [-0.15, -0.1) is 0 Å². The van der Waals surface area contributed by atoms with Gasteiger partial charge >= 0.3 is 0 Å². The Kier molecular flexibility index (Phi) is 8.21. The number of nitrogens with one attached hydrogen (secondary N) is 1. The minimum atomic E-state index is -0.647. The molecule has 4 aromatic rings. The molecular formula is C27H30N8O4. The van der Waals surface area contributed by atoms with Crippen LogP contribution in [0.3, 0.4) is 0 Å². The van der Waals surface area contributed by atoms with E-state index in [1.165, 1.54) is 24.1 Å². The van der Waals surface area contributed by atoms with Crippen LogP contribution >= 0.6 is 0 Å². The molecule has 12 nitrogen and oxygen atoms in total. The lowest BCUT2D eigenvalue weighted by atomic mass is 9.80. The summed E-state index contributed by atoms with van der Waals surface area (Å²) in [7, 11) is 6.88. The molecular weight excluding hydrogens is 500 g/mol. The summed E-state index contributed by atoms with van der Waals surface area (Å²) in [5.74, 6) is -1.33. The number of nitriles is 1. The van der Waals surface area contributed by atoms with Crippen LogP contribution in [0.15, 0.2) is 58.4 Å². The Morgan fingerprint density at radius 2 is 2.05 bits per heavy atom. The molecule has 0 aliphatic rings. The van der Waals surface area contributed by atoms with Crippen molar-refractivity contribution in [2.75, 3.05) is 33.1 Å². The van der Waals surface area contributed by atoms with Gasteiger partial charge in [-0.25, -0.2) is 4.98 Å². The fourth-order valence-corrected chi connectivity index (χ4v) is 4.52. The van der Waals surface area contributed by atoms with Crippen LogP contribution in [0.25, 0.3) is 0 Å². The Balaban J connectivity index is 1.84. The van der Waals surface area contributed by atoms with Crippen molar-refractivity contribution in [1.29, 1.82) is 5.26 Å². The SMILES string of the molecule is COc1c(C(=O)Nc2cnoc2)nc(C(C)C(c2cnn(CCN(C)C)c2)c2ccccc2C#N)n(C)c1=O. The van der Waals surface area contributed by atoms with Crippen molar-refractivity contribution in [3.05, 3.63) is 87.7 Å². The van der Waals surface area contributed by atoms with Gasteiger partial charge in [0.15, 0.2) is 5.69 Å². The topological polar surface area (TPSA) is 144 Å². The predicted octanol–water partition coefficient (Wildman–Crippen LogP) is 2.59. The number of rotatable bonds is 10. The van der Waals surface area contributed by atoms with Crippen molar-refractivity contribution >= 4 is 11.6 Å². The fraction of sp³-hybridized carbons (Fsp3) is 0.333. The molecule has 1 amide bonds. The Morgan fingerprint density at radius 1 is 1.28 bits per heavy atom. The first-order valence-electron chi connectivity index (χ1n) is 12.3. The summed E-state index contributed by atoms with van der Waals surface area (Å²) in [6.07, 6.45) is 6.31. The normalized spacial score (nSPS) is 12.6. The second-order valence-electron chi connectivity index (χ2n) is 9.39. The van der Waals surface area contributed by atoms with Crippen molar-refractivity contribution in [2.24, 2.45) is 7.05 Å². The van der Waals surface area contributed by atoms with Crippen molar-refractivity contribution < 1.29 is 14.1 Å². The molecule has 1 N–H and O–H groups in total. The minimum Gasteiger partial charge on any atom is -0.489 e. The highest BCUT2D eigenvalue weighted by molar-refractivity contribution is 6.04. The van der Waals surface area contributed by atoms with Crippen LogP contribution in [0, 0.1) is 11.3 Å². The van der Waals surface area contributed by atoms with Gasteiger partial charge < -0.3 is 19.5 Å². The molecule has 12 heteroatoms. The molecule has 202 valence electrons. The Labute approximate surface area is 225 Å². The van der Waals surface area contributed by atoms with Gasteiger partial charge in [0.25, 0.3) is 11.5 Å². The third-order valence-electron chi connectivity index (χ3n) is 6.51. The molecule has 39 heavy (non-hydrogen) atoms. The molecule has 0 radical (unpaired) electrons. The van der Waals surface area contributed by atoms with Crippen molar-refractivity contribution in [2.45, 2.75) is 25.3 Å². The highest BCUT2D eigenvalue weighted by atomic mass is 16.5. The first-order valence-corrected chi connectivity index (χ1v) is 12.3. The van der Waals surface area contributed by atoms with Crippen molar-refractivity contribution in [3.63, 3.8) is 0 Å². The van der Waals surface area contributed by atoms with Crippen LogP contribution in [0.4, 0.5) is 5.69 Å². The highest BCUT2D eigenvalue weighted by Gasteiger charge is 2.31. The molecule has 1 aromatic carbocycles. The van der Waals surface area contributed by atoms with Gasteiger partial charge in [-0.05, 0) is 31.3 Å². The first-order chi connectivity index (χ1) is 18.7. The molecule has 0 spiro atoms. The number of carbonyl (C=O) groups excluding carboxylic acids is 1. The third-order valence-corrected chi connectivity index (χ3v) is 6.51. The van der Waals surface area contributed by atoms with Gasteiger partial charge in [0.05, 0.1) is 37.7 Å². The summed E-state index contributed by atoms with van der Waals surface area (Å²) in [5.41, 5.74) is 1.74. The summed E-state index contributed by atoms with van der Waals surface area (Å²) in [6.45, 7) is 3.39. The van der Waals surface area contributed by atoms with E-state index in [1.807, 2.05) is 44.0 Å². The van der Waals surface area contributed by atoms with Gasteiger partial charge in [0.2, 0.25) is 5.75 Å². The number of nitrogens with zero attached hydrogens (tertiary/aromatic N) is 7. The predicted molar refractivity (Wildman–Crippen MR) is 143 cm³/mol. The van der Waals surface area contributed by atoms with E-state index in [1.54, 1.807) is 25.4 Å². The van der Waals surface area contributed by atoms with E-state index in [4.69, 9.17) is 9.26 Å². The maximum atomic E-state index is 13.3. The van der Waals surface area contributed by atoms with Crippen LogP contribution in [-0.4, -0.2) is 63.0 Å². The van der Waals surface area contributed by atoms with E-state index in [0.717, 1.165) is 17.7 Å². The summed E-state index contributed by atoms with van der Waals surface area (Å²) >= 11 is 0. The lowest BCUT2D eigenvalue weighted by Gasteiger charge is -2.26. The first kappa shape index (κ1) is 27.3. The van der Waals surface area contributed by atoms with Gasteiger partial charge in [0.1, 0.15) is 17.8 Å². The molecule has 3 aromatic heterocycles. The zero-order chi connectivity index (χ0) is 28.1. The summed E-state index contributed by atoms with van der Waals surface area (Å²) in [6, 6.07) is 9.59. The number of ether oxygens (including phenoxy) is 1. The minimum absolute atomic E-state index is 0.169. The maximum absolute atomic E-state index is 13.3. The number of likely N-dealkylation sites (N-methyl/N-ethyl adjacent to an activating group) is 1. The van der Waals surface area contributed by atoms with Gasteiger partial charge in [-0.1, -0.05) is 30.3 Å². The van der Waals surface area contributed by atoms with E-state index in [9.17, 15) is 14.9 Å². The number of benzene rings is 1. The molecule has 0 aliphatic carbocycles. The second kappa shape index (κ2) is 11.7. The van der Waals surface area contributed by atoms with Crippen LogP contribution in [-0.2, 0) is 13.6 Å². The number of aromatic nitrogens is 5. The third kappa shape index (κ3) is 5.73. The fourth-order valence-electron chi connectivity index (χ4n) is 4.52. The van der Waals surface area contributed by atoms with E-state index in [2.05, 4.69) is 31.5 Å². The maximum Gasteiger partial charge on any atom is 0.296 e. The van der Waals surface area contributed by atoms with Gasteiger partial charge in [-0.3, -0.25) is 18.8 Å². The average Bonchev–Trinajstić information content (AvgIpc) is 3.61. The molecule has 0 aliphatic heterocycles. The molecule has 2 unspecified atom stereocenters. The lowest BCUT2D eigenvalue weighted by molar-refractivity contribution is 0.101. The number of hydrogen-bond acceptors (Lipinski definition) is 9. The Bertz CT molecular complexity index is 1550. The monoisotopic (exact) mass is 530 g/mol. The van der Waals surface area contributed by atoms with Crippen molar-refractivity contribution in [1.82, 2.24) is 29.4 Å². The molecule has 0 bridgehead atoms. The molecule has 0 saturated heterocycles. The molecule has 0 fully saturated rings. The summed E-state index contributed by atoms with van der Waals surface area (Å²) in [5, 5.41) is 20.6. The number of hydrogen-bond donors (Lipinski definition) is 1. The van der Waals surface area contributed by atoms with Crippen molar-refractivity contribution in [3.8, 4) is 11.8 Å². The van der Waals surface area contributed by atoms with Crippen LogP contribution in [0.5, 0.6) is 5.75 Å². The molecule has 3 heterocycles. The van der Waals surface area contributed by atoms with E-state index < -0.39 is 23.3 Å². The summed E-state index contributed by atoms with van der Waals surface area (Å²) in [4.78, 5) is 33.2. The average molecular weight is 531 g/mol. The van der Waals surface area contributed by atoms with Crippen LogP contribution in [0.1, 0.15) is 51.8 Å². The van der Waals surface area contributed by atoms with E-state index >= 15 is 0 Å². The lowest BCUT2D eigenvalue weighted by Crippen LogP contribution is -2.31. The highest BCUT2D eigenvalue weighted by Crippen LogP contribution is 2.39. The van der Waals surface area contributed by atoms with Gasteiger partial charge in [-0.2, -0.15) is 10.4 Å². The molecule has 0 saturated carbocycles. The smallest absolute Gasteiger partial charge is 0.296 e. The second-order valence-corrected chi connectivity index (χ2v) is 9.39. The Morgan fingerprint density at radius 3 is 2.72 bits per heavy atom. The number of amides is 1. The Hall–Kier alpha value is -4.76. The molecule has 4 rings (SSSR count). The van der Waals surface area contributed by atoms with Crippen LogP contribution in [0.2, 0.25) is 0 Å². The number of anilines is 1. The number of carbonyl (C=O) groups is 1. The number of methoxy groups -OCH3 is 1. The standard InChI is InChI=1S/C27H30N8O4/c1-17(25-32-23(24(38-5)27(37)34(25)4)26(36)31-20-14-30-39-16-20)22(21-9-7-6-8-18(21)12-28)19-13-29-35(15-19)11-10-33(2)3/h6-9,13-17,22H,10-11H2,1-5H3,(H,31,36). The summed E-state index contributed by atoms with van der Waals surface area (Å²) < 4.78 is 13.3. The van der Waals surface area contributed by atoms with Gasteiger partial charge in [0, 0.05) is 31.6 Å². The zero-order valence-electron chi connectivity index (χ0n) is 22.5. The van der Waals surface area contributed by atoms with E-state index in [0.29, 0.717) is 23.6 Å². The van der Waals surface area contributed by atoms with Crippen LogP contribution < -0.4 is 15.6 Å². The molecule has 2 atom stereocenters. The zero-order valence-corrected chi connectivity index (χ0v) is 22.5. The van der Waals surface area contributed by atoms with E-state index in [-0.39, 0.29) is 11.4 Å². The largest absolute Gasteiger partial charge is 0.489 e.